The van der Waals surface area contributed by atoms with E-state index in [1.54, 1.807) is 55.8 Å². The van der Waals surface area contributed by atoms with Crippen molar-refractivity contribution < 1.29 is 18.7 Å². The molecule has 0 unspecified atom stereocenters. The maximum Gasteiger partial charge on any atom is 0.276 e. The summed E-state index contributed by atoms with van der Waals surface area (Å²) in [5, 5.41) is 3.96. The first-order chi connectivity index (χ1) is 15.0. The summed E-state index contributed by atoms with van der Waals surface area (Å²) in [6, 6.07) is 16.3. The van der Waals surface area contributed by atoms with Gasteiger partial charge in [0.2, 0.25) is 0 Å². The van der Waals surface area contributed by atoms with E-state index in [9.17, 15) is 4.79 Å². The summed E-state index contributed by atoms with van der Waals surface area (Å²) < 4.78 is 16.6. The minimum Gasteiger partial charge on any atom is -0.496 e. The molecule has 1 fully saturated rings. The normalized spacial score (nSPS) is 14.8. The Bertz CT molecular complexity index is 1130. The minimum absolute atomic E-state index is 0.212. The van der Waals surface area contributed by atoms with Gasteiger partial charge in [-0.2, -0.15) is 0 Å². The summed E-state index contributed by atoms with van der Waals surface area (Å²) in [4.78, 5) is 14.3. The monoisotopic (exact) mass is 454 g/mol. The van der Waals surface area contributed by atoms with Gasteiger partial charge < -0.3 is 19.2 Å². The summed E-state index contributed by atoms with van der Waals surface area (Å²) >= 11 is 11.2. The third-order valence-electron chi connectivity index (χ3n) is 4.68. The van der Waals surface area contributed by atoms with Crippen molar-refractivity contribution in [3.63, 3.8) is 0 Å². The second-order valence-corrected chi connectivity index (χ2v) is 7.60. The largest absolute Gasteiger partial charge is 0.496 e. The van der Waals surface area contributed by atoms with Gasteiger partial charge in [0.15, 0.2) is 5.11 Å². The van der Waals surface area contributed by atoms with Crippen molar-refractivity contribution in [3.8, 4) is 11.5 Å². The van der Waals surface area contributed by atoms with Crippen molar-refractivity contribution in [2.24, 2.45) is 0 Å². The molecule has 2 heterocycles. The quantitative estimate of drug-likeness (QED) is 0.409. The predicted octanol–water partition coefficient (Wildman–Crippen LogP) is 4.78. The summed E-state index contributed by atoms with van der Waals surface area (Å²) in [7, 11) is 1.60. The first kappa shape index (κ1) is 21.0. The molecular weight excluding hydrogens is 436 g/mol. The Morgan fingerprint density at radius 3 is 2.71 bits per heavy atom. The number of carbonyl (C=O) groups is 1. The molecule has 2 aromatic carbocycles. The topological polar surface area (TPSA) is 63.9 Å². The highest BCUT2D eigenvalue weighted by molar-refractivity contribution is 7.80. The van der Waals surface area contributed by atoms with Crippen molar-refractivity contribution in [1.82, 2.24) is 10.2 Å². The van der Waals surface area contributed by atoms with E-state index in [1.165, 1.54) is 4.90 Å². The molecule has 0 saturated carbocycles. The number of amides is 1. The van der Waals surface area contributed by atoms with E-state index < -0.39 is 0 Å². The molecule has 0 aliphatic carbocycles. The van der Waals surface area contributed by atoms with Crippen LogP contribution < -0.4 is 14.8 Å². The highest BCUT2D eigenvalue weighted by atomic mass is 35.5. The number of rotatable bonds is 7. The molecule has 3 aromatic rings. The molecule has 1 saturated heterocycles. The second kappa shape index (κ2) is 9.24. The van der Waals surface area contributed by atoms with Crippen molar-refractivity contribution in [2.45, 2.75) is 13.2 Å². The number of benzene rings is 2. The molecule has 1 amide bonds. The Balaban J connectivity index is 1.52. The molecule has 1 aliphatic heterocycles. The number of halogens is 1. The maximum atomic E-state index is 12.8. The average molecular weight is 455 g/mol. The molecule has 1 aliphatic rings. The number of nitrogens with zero attached hydrogens (tertiary/aromatic N) is 1. The average Bonchev–Trinajstić information content (AvgIpc) is 3.38. The zero-order chi connectivity index (χ0) is 21.8. The molecule has 158 valence electrons. The Labute approximate surface area is 190 Å². The Kier molecular flexibility index (Phi) is 6.25. The van der Waals surface area contributed by atoms with E-state index in [2.05, 4.69) is 5.32 Å². The second-order valence-electron chi connectivity index (χ2n) is 6.77. The molecule has 0 atom stereocenters. The highest BCUT2D eigenvalue weighted by Gasteiger charge is 2.31. The number of nitrogens with one attached hydrogen (secondary N) is 1. The van der Waals surface area contributed by atoms with Crippen LogP contribution >= 0.6 is 23.8 Å². The Morgan fingerprint density at radius 2 is 2.00 bits per heavy atom. The van der Waals surface area contributed by atoms with Crippen LogP contribution in [-0.2, 0) is 17.9 Å². The van der Waals surface area contributed by atoms with Gasteiger partial charge in [0.05, 0.1) is 19.9 Å². The first-order valence-corrected chi connectivity index (χ1v) is 10.2. The Hall–Kier alpha value is -3.29. The first-order valence-electron chi connectivity index (χ1n) is 9.45. The van der Waals surface area contributed by atoms with Crippen molar-refractivity contribution in [2.75, 3.05) is 7.11 Å². The molecule has 0 radical (unpaired) electrons. The van der Waals surface area contributed by atoms with Crippen LogP contribution in [0.5, 0.6) is 11.5 Å². The molecule has 4 rings (SSSR count). The van der Waals surface area contributed by atoms with E-state index >= 15 is 0 Å². The number of methoxy groups -OCH3 is 1. The maximum absolute atomic E-state index is 12.8. The zero-order valence-corrected chi connectivity index (χ0v) is 18.2. The van der Waals surface area contributed by atoms with Crippen LogP contribution in [0.3, 0.4) is 0 Å². The third kappa shape index (κ3) is 4.90. The SMILES string of the molecule is COc1ccc(/C=C2/NC(=S)N(Cc3ccco3)C2=O)cc1COc1ccc(Cl)cc1. The molecule has 31 heavy (non-hydrogen) atoms. The van der Waals surface area contributed by atoms with Gasteiger partial charge in [0, 0.05) is 10.6 Å². The fraction of sp³-hybridized carbons (Fsp3) is 0.130. The zero-order valence-electron chi connectivity index (χ0n) is 16.6. The molecular formula is C23H19ClN2O4S. The van der Waals surface area contributed by atoms with Crippen LogP contribution in [0.4, 0.5) is 0 Å². The number of hydrogen-bond acceptors (Lipinski definition) is 5. The van der Waals surface area contributed by atoms with Crippen LogP contribution in [0.1, 0.15) is 16.9 Å². The van der Waals surface area contributed by atoms with Crippen LogP contribution in [0.2, 0.25) is 5.02 Å². The minimum atomic E-state index is -0.212. The number of carbonyl (C=O) groups excluding carboxylic acids is 1. The van der Waals surface area contributed by atoms with Crippen LogP contribution in [0.25, 0.3) is 6.08 Å². The van der Waals surface area contributed by atoms with Crippen LogP contribution in [-0.4, -0.2) is 23.0 Å². The van der Waals surface area contributed by atoms with E-state index in [1.807, 2.05) is 18.2 Å². The van der Waals surface area contributed by atoms with Crippen LogP contribution in [0, 0.1) is 0 Å². The van der Waals surface area contributed by atoms with Crippen molar-refractivity contribution in [1.29, 1.82) is 0 Å². The lowest BCUT2D eigenvalue weighted by Crippen LogP contribution is -2.29. The van der Waals surface area contributed by atoms with E-state index in [4.69, 9.17) is 37.7 Å². The molecule has 8 heteroatoms. The van der Waals surface area contributed by atoms with Crippen LogP contribution in [0.15, 0.2) is 71.0 Å². The van der Waals surface area contributed by atoms with Gasteiger partial charge in [-0.15, -0.1) is 0 Å². The molecule has 6 nitrogen and oxygen atoms in total. The number of thiocarbonyl (C=S) groups is 1. The van der Waals surface area contributed by atoms with Gasteiger partial charge in [-0.25, -0.2) is 0 Å². The molecule has 1 N–H and O–H groups in total. The predicted molar refractivity (Wildman–Crippen MR) is 122 cm³/mol. The van der Waals surface area contributed by atoms with E-state index in [-0.39, 0.29) is 12.5 Å². The summed E-state index contributed by atoms with van der Waals surface area (Å²) in [6.07, 6.45) is 3.32. The van der Waals surface area contributed by atoms with Gasteiger partial charge >= 0.3 is 0 Å². The van der Waals surface area contributed by atoms with Crippen molar-refractivity contribution >= 4 is 40.9 Å². The van der Waals surface area contributed by atoms with Gasteiger partial charge in [-0.05, 0) is 72.4 Å². The molecule has 0 spiro atoms. The summed E-state index contributed by atoms with van der Waals surface area (Å²) in [6.45, 7) is 0.573. The summed E-state index contributed by atoms with van der Waals surface area (Å²) in [5.74, 6) is 1.83. The highest BCUT2D eigenvalue weighted by Crippen LogP contribution is 2.25. The lowest BCUT2D eigenvalue weighted by atomic mass is 10.1. The van der Waals surface area contributed by atoms with Gasteiger partial charge in [0.1, 0.15) is 29.6 Å². The van der Waals surface area contributed by atoms with Gasteiger partial charge in [-0.3, -0.25) is 9.69 Å². The van der Waals surface area contributed by atoms with Gasteiger partial charge in [0.25, 0.3) is 5.91 Å². The third-order valence-corrected chi connectivity index (χ3v) is 5.25. The number of hydrogen-bond donors (Lipinski definition) is 1. The smallest absolute Gasteiger partial charge is 0.276 e. The van der Waals surface area contributed by atoms with Crippen molar-refractivity contribution in [3.05, 3.63) is 88.5 Å². The lowest BCUT2D eigenvalue weighted by molar-refractivity contribution is -0.122. The fourth-order valence-corrected chi connectivity index (χ4v) is 3.52. The van der Waals surface area contributed by atoms with E-state index in [0.29, 0.717) is 39.7 Å². The van der Waals surface area contributed by atoms with E-state index in [0.717, 1.165) is 11.1 Å². The Morgan fingerprint density at radius 1 is 1.19 bits per heavy atom. The summed E-state index contributed by atoms with van der Waals surface area (Å²) in [5.41, 5.74) is 2.05. The fourth-order valence-electron chi connectivity index (χ4n) is 3.13. The standard InChI is InChI=1S/C23H19ClN2O4S/c1-28-21-9-4-15(11-16(21)14-30-18-7-5-17(24)6-8-18)12-20-22(27)26(23(31)25-20)13-19-3-2-10-29-19/h2-12H,13-14H2,1H3,(H,25,31)/b20-12+. The molecule has 1 aromatic heterocycles. The lowest BCUT2D eigenvalue weighted by Gasteiger charge is -2.12. The number of furan rings is 1. The number of ether oxygens (including phenoxy) is 2. The molecule has 0 bridgehead atoms. The van der Waals surface area contributed by atoms with Gasteiger partial charge in [-0.1, -0.05) is 17.7 Å².